The van der Waals surface area contributed by atoms with E-state index < -0.39 is 12.0 Å². The Kier molecular flexibility index (Phi) is 3.10. The van der Waals surface area contributed by atoms with E-state index in [4.69, 9.17) is 5.11 Å². The van der Waals surface area contributed by atoms with Crippen molar-refractivity contribution in [2.24, 2.45) is 0 Å². The highest BCUT2D eigenvalue weighted by Crippen LogP contribution is 1.99. The third kappa shape index (κ3) is 2.23. The van der Waals surface area contributed by atoms with Gasteiger partial charge in [-0.05, 0) is 13.1 Å². The summed E-state index contributed by atoms with van der Waals surface area (Å²) in [5.74, 6) is -0.774. The van der Waals surface area contributed by atoms with Crippen molar-refractivity contribution in [1.82, 2.24) is 10.2 Å². The summed E-state index contributed by atoms with van der Waals surface area (Å²) in [7, 11) is 0. The minimum atomic E-state index is -0.774. The van der Waals surface area contributed by atoms with Gasteiger partial charge in [-0.1, -0.05) is 6.08 Å². The van der Waals surface area contributed by atoms with Gasteiger partial charge in [-0.2, -0.15) is 0 Å². The van der Waals surface area contributed by atoms with Crippen molar-refractivity contribution in [3.8, 4) is 0 Å². The molecule has 1 saturated heterocycles. The molecule has 4 nitrogen and oxygen atoms in total. The monoisotopic (exact) mass is 170 g/mol. The maximum Gasteiger partial charge on any atom is 0.322 e. The van der Waals surface area contributed by atoms with E-state index in [2.05, 4.69) is 5.32 Å². The van der Waals surface area contributed by atoms with E-state index in [1.807, 2.05) is 24.1 Å². The van der Waals surface area contributed by atoms with Gasteiger partial charge in [0, 0.05) is 19.6 Å². The Bertz CT molecular complexity index is 191. The van der Waals surface area contributed by atoms with Gasteiger partial charge in [0.15, 0.2) is 0 Å². The van der Waals surface area contributed by atoms with Crippen LogP contribution in [-0.2, 0) is 4.79 Å². The molecule has 0 aliphatic carbocycles. The lowest BCUT2D eigenvalue weighted by Gasteiger charge is -2.30. The van der Waals surface area contributed by atoms with Crippen molar-refractivity contribution < 1.29 is 9.90 Å². The molecule has 0 aromatic heterocycles. The van der Waals surface area contributed by atoms with Crippen molar-refractivity contribution in [2.45, 2.75) is 13.0 Å². The first-order valence-electron chi connectivity index (χ1n) is 4.07. The normalized spacial score (nSPS) is 24.8. The van der Waals surface area contributed by atoms with E-state index in [-0.39, 0.29) is 0 Å². The number of allylic oxidation sites excluding steroid dienone is 1. The smallest absolute Gasteiger partial charge is 0.322 e. The van der Waals surface area contributed by atoms with Gasteiger partial charge in [0.2, 0.25) is 0 Å². The molecule has 12 heavy (non-hydrogen) atoms. The second kappa shape index (κ2) is 4.11. The van der Waals surface area contributed by atoms with Gasteiger partial charge < -0.3 is 15.3 Å². The summed E-state index contributed by atoms with van der Waals surface area (Å²) in [6, 6.07) is -0.421. The number of rotatable bonds is 2. The van der Waals surface area contributed by atoms with Crippen molar-refractivity contribution >= 4 is 5.97 Å². The molecule has 1 aliphatic rings. The summed E-state index contributed by atoms with van der Waals surface area (Å²) in [4.78, 5) is 12.6. The molecular formula is C8H14N2O2. The van der Waals surface area contributed by atoms with Crippen LogP contribution in [0.4, 0.5) is 0 Å². The Morgan fingerprint density at radius 3 is 3.08 bits per heavy atom. The highest BCUT2D eigenvalue weighted by Gasteiger charge is 2.22. The van der Waals surface area contributed by atoms with Gasteiger partial charge in [0.05, 0.1) is 0 Å². The van der Waals surface area contributed by atoms with Gasteiger partial charge in [-0.25, -0.2) is 0 Å². The van der Waals surface area contributed by atoms with E-state index in [0.717, 1.165) is 13.1 Å². The average Bonchev–Trinajstić information content (AvgIpc) is 2.05. The van der Waals surface area contributed by atoms with Crippen molar-refractivity contribution in [2.75, 3.05) is 19.6 Å². The van der Waals surface area contributed by atoms with Crippen molar-refractivity contribution in [3.05, 3.63) is 12.3 Å². The zero-order valence-electron chi connectivity index (χ0n) is 7.16. The largest absolute Gasteiger partial charge is 0.480 e. The quantitative estimate of drug-likeness (QED) is 0.606. The molecule has 0 saturated carbocycles. The Morgan fingerprint density at radius 1 is 1.75 bits per heavy atom. The van der Waals surface area contributed by atoms with Crippen molar-refractivity contribution in [3.63, 3.8) is 0 Å². The Hall–Kier alpha value is -1.03. The molecule has 0 aromatic carbocycles. The summed E-state index contributed by atoms with van der Waals surface area (Å²) in [6.45, 7) is 4.10. The predicted octanol–water partition coefficient (Wildman–Crippen LogP) is -0.122. The van der Waals surface area contributed by atoms with Crippen LogP contribution in [0.15, 0.2) is 12.3 Å². The second-order valence-corrected chi connectivity index (χ2v) is 2.82. The lowest BCUT2D eigenvalue weighted by molar-refractivity contribution is -0.140. The minimum absolute atomic E-state index is 0.421. The average molecular weight is 170 g/mol. The molecule has 1 atom stereocenters. The number of carbonyl (C=O) groups is 1. The molecule has 0 amide bonds. The molecule has 68 valence electrons. The number of carboxylic acids is 1. The standard InChI is InChI=1S/C8H14N2O2/c1-2-4-10-5-3-9-7(6-10)8(11)12/h2,4,7,9H,3,5-6H2,1H3,(H,11,12)/t7-/m1/s1. The number of hydrogen-bond donors (Lipinski definition) is 2. The van der Waals surface area contributed by atoms with Crippen LogP contribution in [-0.4, -0.2) is 41.7 Å². The molecule has 0 spiro atoms. The first kappa shape index (κ1) is 9.06. The topological polar surface area (TPSA) is 52.6 Å². The van der Waals surface area contributed by atoms with Gasteiger partial charge in [-0.3, -0.25) is 4.79 Å². The fraction of sp³-hybridized carbons (Fsp3) is 0.625. The van der Waals surface area contributed by atoms with Crippen LogP contribution in [0.25, 0.3) is 0 Å². The molecule has 0 aromatic rings. The fourth-order valence-electron chi connectivity index (χ4n) is 1.28. The Labute approximate surface area is 71.9 Å². The number of hydrogen-bond acceptors (Lipinski definition) is 3. The molecule has 0 bridgehead atoms. The maximum absolute atomic E-state index is 10.6. The number of nitrogens with zero attached hydrogens (tertiary/aromatic N) is 1. The lowest BCUT2D eigenvalue weighted by Crippen LogP contribution is -2.52. The fourth-order valence-corrected chi connectivity index (χ4v) is 1.28. The molecule has 0 unspecified atom stereocenters. The highest BCUT2D eigenvalue weighted by molar-refractivity contribution is 5.73. The van der Waals surface area contributed by atoms with Crippen LogP contribution >= 0.6 is 0 Å². The number of nitrogens with one attached hydrogen (secondary N) is 1. The van der Waals surface area contributed by atoms with E-state index in [1.165, 1.54) is 0 Å². The molecule has 1 aliphatic heterocycles. The van der Waals surface area contributed by atoms with Gasteiger partial charge >= 0.3 is 5.97 Å². The lowest BCUT2D eigenvalue weighted by atomic mass is 10.2. The first-order valence-corrected chi connectivity index (χ1v) is 4.07. The first-order chi connectivity index (χ1) is 5.74. The summed E-state index contributed by atoms with van der Waals surface area (Å²) in [5, 5.41) is 11.6. The molecule has 1 rings (SSSR count). The predicted molar refractivity (Wildman–Crippen MR) is 45.8 cm³/mol. The number of aliphatic carboxylic acids is 1. The summed E-state index contributed by atoms with van der Waals surface area (Å²) < 4.78 is 0. The van der Waals surface area contributed by atoms with Crippen LogP contribution in [0.2, 0.25) is 0 Å². The van der Waals surface area contributed by atoms with Crippen LogP contribution < -0.4 is 5.32 Å². The molecule has 1 fully saturated rings. The highest BCUT2D eigenvalue weighted by atomic mass is 16.4. The van der Waals surface area contributed by atoms with E-state index >= 15 is 0 Å². The number of piperazine rings is 1. The summed E-state index contributed by atoms with van der Waals surface area (Å²) >= 11 is 0. The molecular weight excluding hydrogens is 156 g/mol. The maximum atomic E-state index is 10.6. The molecule has 4 heteroatoms. The molecule has 0 radical (unpaired) electrons. The minimum Gasteiger partial charge on any atom is -0.480 e. The van der Waals surface area contributed by atoms with E-state index in [9.17, 15) is 4.79 Å². The van der Waals surface area contributed by atoms with E-state index in [1.54, 1.807) is 0 Å². The van der Waals surface area contributed by atoms with Crippen LogP contribution in [0, 0.1) is 0 Å². The summed E-state index contributed by atoms with van der Waals surface area (Å²) in [5.41, 5.74) is 0. The van der Waals surface area contributed by atoms with Crippen LogP contribution in [0.3, 0.4) is 0 Å². The molecule has 2 N–H and O–H groups in total. The van der Waals surface area contributed by atoms with Gasteiger partial charge in [0.25, 0.3) is 0 Å². The third-order valence-corrected chi connectivity index (χ3v) is 1.86. The Balaban J connectivity index is 2.45. The zero-order valence-corrected chi connectivity index (χ0v) is 7.16. The van der Waals surface area contributed by atoms with Crippen LogP contribution in [0.1, 0.15) is 6.92 Å². The van der Waals surface area contributed by atoms with Crippen LogP contribution in [0.5, 0.6) is 0 Å². The Morgan fingerprint density at radius 2 is 2.50 bits per heavy atom. The van der Waals surface area contributed by atoms with Gasteiger partial charge in [-0.15, -0.1) is 0 Å². The SMILES string of the molecule is CC=CN1CCN[C@@H](C(=O)O)C1. The van der Waals surface area contributed by atoms with E-state index in [0.29, 0.717) is 6.54 Å². The third-order valence-electron chi connectivity index (χ3n) is 1.86. The second-order valence-electron chi connectivity index (χ2n) is 2.82. The zero-order chi connectivity index (χ0) is 8.97. The van der Waals surface area contributed by atoms with Crippen molar-refractivity contribution in [1.29, 1.82) is 0 Å². The van der Waals surface area contributed by atoms with Gasteiger partial charge in [0.1, 0.15) is 6.04 Å². The number of carboxylic acid groups (broad SMARTS) is 1. The molecule has 1 heterocycles. The summed E-state index contributed by atoms with van der Waals surface area (Å²) in [6.07, 6.45) is 3.85.